The van der Waals surface area contributed by atoms with Crippen LogP contribution in [0.3, 0.4) is 0 Å². The predicted molar refractivity (Wildman–Crippen MR) is 79.1 cm³/mol. The van der Waals surface area contributed by atoms with Gasteiger partial charge in [0.2, 0.25) is 0 Å². The van der Waals surface area contributed by atoms with Gasteiger partial charge in [-0.25, -0.2) is 0 Å². The highest BCUT2D eigenvalue weighted by Crippen LogP contribution is 2.49. The van der Waals surface area contributed by atoms with Crippen molar-refractivity contribution in [3.05, 3.63) is 54.4 Å². The first kappa shape index (κ1) is 12.0. The maximum atomic E-state index is 6.48. The van der Waals surface area contributed by atoms with Crippen LogP contribution in [-0.2, 0) is 0 Å². The molecule has 0 saturated carbocycles. The molecule has 1 aromatic heterocycles. The average Bonchev–Trinajstić information content (AvgIpc) is 3.03. The number of benzene rings is 1. The topological polar surface area (TPSA) is 17.4 Å². The molecule has 0 aliphatic carbocycles. The summed E-state index contributed by atoms with van der Waals surface area (Å²) in [7, 11) is 2.19. The van der Waals surface area contributed by atoms with Crippen LogP contribution in [0.2, 0.25) is 0 Å². The van der Waals surface area contributed by atoms with Crippen LogP contribution in [0.4, 0.5) is 0 Å². The van der Waals surface area contributed by atoms with Crippen molar-refractivity contribution in [1.29, 1.82) is 0 Å². The number of hydrogen-bond acceptors (Lipinski definition) is 2. The molecule has 0 radical (unpaired) electrons. The smallest absolute Gasteiger partial charge is 0.146 e. The fourth-order valence-electron chi connectivity index (χ4n) is 3.88. The number of piperidine rings is 1. The summed E-state index contributed by atoms with van der Waals surface area (Å²) in [4.78, 5) is 2.39. The van der Waals surface area contributed by atoms with E-state index < -0.39 is 0 Å². The van der Waals surface area contributed by atoms with Crippen molar-refractivity contribution >= 4 is 0 Å². The number of likely N-dealkylation sites (N-methyl/N-ethyl adjacent to an activating group) is 1. The number of hydrogen-bond donors (Lipinski definition) is 0. The zero-order valence-electron chi connectivity index (χ0n) is 11.8. The molecule has 3 nitrogen and oxygen atoms in total. The highest BCUT2D eigenvalue weighted by atomic mass is 16.5. The van der Waals surface area contributed by atoms with Gasteiger partial charge in [-0.1, -0.05) is 18.2 Å². The van der Waals surface area contributed by atoms with E-state index in [-0.39, 0.29) is 11.6 Å². The third kappa shape index (κ3) is 1.70. The molecule has 104 valence electrons. The second-order valence-corrected chi connectivity index (χ2v) is 6.08. The summed E-state index contributed by atoms with van der Waals surface area (Å²) in [5.41, 5.74) is 1.20. The molecule has 0 N–H and O–H groups in total. The van der Waals surface area contributed by atoms with Gasteiger partial charge in [0.25, 0.3) is 0 Å². The molecule has 2 atom stereocenters. The van der Waals surface area contributed by atoms with Crippen LogP contribution in [0, 0.1) is 0 Å². The van der Waals surface area contributed by atoms with E-state index in [1.165, 1.54) is 18.5 Å². The second kappa shape index (κ2) is 4.38. The molecular formula is C17H20N2O. The van der Waals surface area contributed by atoms with Crippen molar-refractivity contribution in [3.8, 4) is 5.75 Å². The van der Waals surface area contributed by atoms with Crippen molar-refractivity contribution in [2.75, 3.05) is 20.1 Å². The van der Waals surface area contributed by atoms with Crippen molar-refractivity contribution in [3.63, 3.8) is 0 Å². The Labute approximate surface area is 119 Å². The molecule has 4 rings (SSSR count). The van der Waals surface area contributed by atoms with E-state index in [1.54, 1.807) is 0 Å². The molecule has 2 aliphatic heterocycles. The molecule has 2 aliphatic rings. The molecule has 1 aromatic carbocycles. The summed E-state index contributed by atoms with van der Waals surface area (Å²) in [6, 6.07) is 13.0. The Balaban J connectivity index is 1.84. The van der Waals surface area contributed by atoms with Gasteiger partial charge in [0.15, 0.2) is 0 Å². The fraction of sp³-hybridized carbons (Fsp3) is 0.412. The van der Waals surface area contributed by atoms with Crippen molar-refractivity contribution in [2.24, 2.45) is 0 Å². The van der Waals surface area contributed by atoms with Crippen LogP contribution in [0.15, 0.2) is 48.8 Å². The lowest BCUT2D eigenvalue weighted by Gasteiger charge is -2.42. The number of aromatic nitrogens is 1. The van der Waals surface area contributed by atoms with Gasteiger partial charge in [-0.15, -0.1) is 0 Å². The lowest BCUT2D eigenvalue weighted by Crippen LogP contribution is -2.53. The van der Waals surface area contributed by atoms with Crippen molar-refractivity contribution in [1.82, 2.24) is 9.47 Å². The van der Waals surface area contributed by atoms with Gasteiger partial charge in [-0.05, 0) is 44.6 Å². The molecule has 2 unspecified atom stereocenters. The number of para-hydroxylation sites is 1. The largest absolute Gasteiger partial charge is 0.483 e. The molecule has 1 saturated heterocycles. The van der Waals surface area contributed by atoms with E-state index in [1.807, 2.05) is 0 Å². The first-order valence-electron chi connectivity index (χ1n) is 7.37. The second-order valence-electron chi connectivity index (χ2n) is 6.08. The maximum Gasteiger partial charge on any atom is 0.146 e. The van der Waals surface area contributed by atoms with Crippen LogP contribution in [0.1, 0.15) is 24.4 Å². The summed E-state index contributed by atoms with van der Waals surface area (Å²) < 4.78 is 8.79. The van der Waals surface area contributed by atoms with Crippen LogP contribution in [-0.4, -0.2) is 35.2 Å². The minimum atomic E-state index is -0.115. The molecule has 2 aromatic rings. The molecule has 0 amide bonds. The Morgan fingerprint density at radius 2 is 1.95 bits per heavy atom. The standard InChI is InChI=1S/C17H20N2O/c1-18-10-6-9-17(13-18)16(19-11-4-5-12-19)14-7-2-3-8-15(14)20-17/h2-5,7-8,11-12,16H,6,9-10,13H2,1H3. The van der Waals surface area contributed by atoms with Gasteiger partial charge >= 0.3 is 0 Å². The highest BCUT2D eigenvalue weighted by Gasteiger charge is 2.50. The minimum absolute atomic E-state index is 0.115. The Morgan fingerprint density at radius 3 is 2.75 bits per heavy atom. The van der Waals surface area contributed by atoms with Gasteiger partial charge in [0, 0.05) is 24.5 Å². The summed E-state index contributed by atoms with van der Waals surface area (Å²) in [5, 5.41) is 0. The van der Waals surface area contributed by atoms with E-state index in [2.05, 4.69) is 65.3 Å². The monoisotopic (exact) mass is 268 g/mol. The van der Waals surface area contributed by atoms with Gasteiger partial charge in [0.05, 0.1) is 0 Å². The Morgan fingerprint density at radius 1 is 1.15 bits per heavy atom. The summed E-state index contributed by atoms with van der Waals surface area (Å²) in [6.45, 7) is 2.16. The quantitative estimate of drug-likeness (QED) is 0.791. The van der Waals surface area contributed by atoms with E-state index in [9.17, 15) is 0 Å². The number of fused-ring (bicyclic) bond motifs is 1. The Kier molecular flexibility index (Phi) is 2.64. The molecular weight excluding hydrogens is 248 g/mol. The zero-order chi connectivity index (χ0) is 13.6. The van der Waals surface area contributed by atoms with Crippen molar-refractivity contribution < 1.29 is 4.74 Å². The van der Waals surface area contributed by atoms with Crippen LogP contribution < -0.4 is 4.74 Å². The highest BCUT2D eigenvalue weighted by molar-refractivity contribution is 5.44. The number of likely N-dealkylation sites (tertiary alicyclic amines) is 1. The average molecular weight is 268 g/mol. The Hall–Kier alpha value is -1.74. The van der Waals surface area contributed by atoms with Crippen LogP contribution >= 0.6 is 0 Å². The molecule has 3 heteroatoms. The molecule has 1 spiro atoms. The number of nitrogens with zero attached hydrogens (tertiary/aromatic N) is 2. The van der Waals surface area contributed by atoms with E-state index in [0.29, 0.717) is 0 Å². The van der Waals surface area contributed by atoms with Gasteiger partial charge in [-0.3, -0.25) is 0 Å². The summed E-state index contributed by atoms with van der Waals surface area (Å²) >= 11 is 0. The van der Waals surface area contributed by atoms with Crippen LogP contribution in [0.5, 0.6) is 5.75 Å². The summed E-state index contributed by atoms with van der Waals surface area (Å²) in [6.07, 6.45) is 6.64. The Bertz CT molecular complexity index is 607. The van der Waals surface area contributed by atoms with Gasteiger partial charge in [0.1, 0.15) is 17.4 Å². The first-order chi connectivity index (χ1) is 9.78. The zero-order valence-corrected chi connectivity index (χ0v) is 11.8. The number of ether oxygens (including phenoxy) is 1. The van der Waals surface area contributed by atoms with E-state index in [4.69, 9.17) is 4.74 Å². The minimum Gasteiger partial charge on any atom is -0.483 e. The lowest BCUT2D eigenvalue weighted by atomic mass is 9.84. The summed E-state index contributed by atoms with van der Waals surface area (Å²) in [5.74, 6) is 1.06. The molecule has 20 heavy (non-hydrogen) atoms. The van der Waals surface area contributed by atoms with Gasteiger partial charge in [-0.2, -0.15) is 0 Å². The van der Waals surface area contributed by atoms with E-state index in [0.717, 1.165) is 18.7 Å². The third-order valence-corrected chi connectivity index (χ3v) is 4.63. The molecule has 3 heterocycles. The SMILES string of the molecule is CN1CCCC2(C1)Oc1ccccc1C2n1cccc1. The van der Waals surface area contributed by atoms with Crippen molar-refractivity contribution in [2.45, 2.75) is 24.5 Å². The molecule has 1 fully saturated rings. The maximum absolute atomic E-state index is 6.48. The third-order valence-electron chi connectivity index (χ3n) is 4.63. The fourth-order valence-corrected chi connectivity index (χ4v) is 3.88. The van der Waals surface area contributed by atoms with Crippen LogP contribution in [0.25, 0.3) is 0 Å². The normalized spacial score (nSPS) is 29.4. The molecule has 0 bridgehead atoms. The number of rotatable bonds is 1. The lowest BCUT2D eigenvalue weighted by molar-refractivity contribution is -0.00857. The van der Waals surface area contributed by atoms with E-state index >= 15 is 0 Å². The predicted octanol–water partition coefficient (Wildman–Crippen LogP) is 2.93. The van der Waals surface area contributed by atoms with Gasteiger partial charge < -0.3 is 14.2 Å². The first-order valence-corrected chi connectivity index (χ1v) is 7.37.